The number of morpholine rings is 1. The summed E-state index contributed by atoms with van der Waals surface area (Å²) in [4.78, 5) is 43.6. The molecule has 0 bridgehead atoms. The molecule has 0 aromatic carbocycles. The molecule has 11 nitrogen and oxygen atoms in total. The number of fused-ring (bicyclic) bond motifs is 1. The van der Waals surface area contributed by atoms with Crippen LogP contribution in [0.4, 0.5) is 5.82 Å². The van der Waals surface area contributed by atoms with Crippen molar-refractivity contribution >= 4 is 34.2 Å². The smallest absolute Gasteiger partial charge is 0.256 e. The third-order valence-corrected chi connectivity index (χ3v) is 6.28. The number of hydrogen-bond donors (Lipinski definition) is 3. The summed E-state index contributed by atoms with van der Waals surface area (Å²) in [6, 6.07) is 5.59. The molecule has 0 radical (unpaired) electrons. The molecule has 1 saturated heterocycles. The number of imidazole rings is 1. The summed E-state index contributed by atoms with van der Waals surface area (Å²) in [7, 11) is 0. The molecule has 4 aromatic heterocycles. The first-order valence-electron chi connectivity index (χ1n) is 12.4. The maximum atomic E-state index is 13.3. The summed E-state index contributed by atoms with van der Waals surface area (Å²) >= 11 is 0. The summed E-state index contributed by atoms with van der Waals surface area (Å²) in [5.74, 6) is 0.827. The van der Waals surface area contributed by atoms with Crippen molar-refractivity contribution in [2.24, 2.45) is 0 Å². The quantitative estimate of drug-likeness (QED) is 0.254. The summed E-state index contributed by atoms with van der Waals surface area (Å²) < 4.78 is 5.39. The Morgan fingerprint density at radius 3 is 2.68 bits per heavy atom. The lowest BCUT2D eigenvalue weighted by atomic mass is 10.1. The number of nitrogens with one attached hydrogen (secondary N) is 3. The lowest BCUT2D eigenvalue weighted by molar-refractivity contribution is -0.129. The van der Waals surface area contributed by atoms with Crippen LogP contribution in [0.2, 0.25) is 0 Å². The number of aryl methyl sites for hydroxylation is 1. The van der Waals surface area contributed by atoms with Crippen LogP contribution in [0.3, 0.4) is 0 Å². The fourth-order valence-electron chi connectivity index (χ4n) is 4.26. The molecule has 2 amide bonds. The van der Waals surface area contributed by atoms with Gasteiger partial charge in [-0.2, -0.15) is 5.10 Å². The summed E-state index contributed by atoms with van der Waals surface area (Å²) in [5, 5.41) is 10.9. The van der Waals surface area contributed by atoms with Gasteiger partial charge < -0.3 is 19.9 Å². The third-order valence-electron chi connectivity index (χ3n) is 6.28. The van der Waals surface area contributed by atoms with Crippen molar-refractivity contribution in [3.63, 3.8) is 0 Å². The molecule has 5 heterocycles. The van der Waals surface area contributed by atoms with Crippen LogP contribution in [0, 0.1) is 6.92 Å². The van der Waals surface area contributed by atoms with Gasteiger partial charge in [-0.3, -0.25) is 14.7 Å². The summed E-state index contributed by atoms with van der Waals surface area (Å²) in [6.45, 7) is 9.54. The Balaban J connectivity index is 1.47. The van der Waals surface area contributed by atoms with Crippen molar-refractivity contribution in [1.82, 2.24) is 35.0 Å². The van der Waals surface area contributed by atoms with Crippen molar-refractivity contribution in [3.8, 4) is 22.6 Å². The Kier molecular flexibility index (Phi) is 7.09. The Labute approximate surface area is 219 Å². The molecule has 38 heavy (non-hydrogen) atoms. The van der Waals surface area contributed by atoms with Gasteiger partial charge in [-0.15, -0.1) is 0 Å². The largest absolute Gasteiger partial charge is 0.378 e. The Morgan fingerprint density at radius 1 is 1.18 bits per heavy atom. The first kappa shape index (κ1) is 25.0. The number of allylic oxidation sites excluding steroid dienone is 2. The molecule has 5 rings (SSSR count). The molecule has 1 aliphatic heterocycles. The zero-order valence-corrected chi connectivity index (χ0v) is 21.2. The molecular formula is C27H28N8O3. The first-order chi connectivity index (χ1) is 18.5. The number of carbonyl (C=O) groups is 2. The van der Waals surface area contributed by atoms with E-state index in [2.05, 4.69) is 37.0 Å². The number of anilines is 1. The number of pyridine rings is 2. The normalized spacial score (nSPS) is 14.1. The van der Waals surface area contributed by atoms with Crippen LogP contribution in [-0.2, 0) is 14.3 Å². The molecule has 4 aromatic rings. The molecule has 1 aliphatic rings. The Hall–Kier alpha value is -4.64. The van der Waals surface area contributed by atoms with E-state index in [0.717, 1.165) is 22.2 Å². The highest BCUT2D eigenvalue weighted by Crippen LogP contribution is 2.30. The van der Waals surface area contributed by atoms with Gasteiger partial charge in [0.25, 0.3) is 5.91 Å². The van der Waals surface area contributed by atoms with E-state index in [9.17, 15) is 9.59 Å². The average molecular weight is 513 g/mol. The predicted molar refractivity (Wildman–Crippen MR) is 144 cm³/mol. The number of hydrogen-bond acceptors (Lipinski definition) is 7. The summed E-state index contributed by atoms with van der Waals surface area (Å²) in [5.41, 5.74) is 4.62. The fraction of sp³-hybridized carbons (Fsp3) is 0.259. The maximum Gasteiger partial charge on any atom is 0.256 e. The van der Waals surface area contributed by atoms with Gasteiger partial charge in [0.15, 0.2) is 11.5 Å². The molecule has 3 N–H and O–H groups in total. The van der Waals surface area contributed by atoms with Gasteiger partial charge in [0, 0.05) is 48.7 Å². The molecule has 0 saturated carbocycles. The van der Waals surface area contributed by atoms with E-state index in [-0.39, 0.29) is 11.8 Å². The predicted octanol–water partition coefficient (Wildman–Crippen LogP) is 3.50. The van der Waals surface area contributed by atoms with E-state index in [1.807, 2.05) is 19.1 Å². The van der Waals surface area contributed by atoms with E-state index in [4.69, 9.17) is 9.72 Å². The van der Waals surface area contributed by atoms with Crippen molar-refractivity contribution in [3.05, 3.63) is 60.7 Å². The number of carbonyl (C=O) groups excluding carboxylic acids is 2. The Morgan fingerprint density at radius 2 is 1.97 bits per heavy atom. The maximum absolute atomic E-state index is 13.3. The van der Waals surface area contributed by atoms with E-state index in [1.54, 1.807) is 42.4 Å². The van der Waals surface area contributed by atoms with Crippen LogP contribution >= 0.6 is 0 Å². The lowest BCUT2D eigenvalue weighted by Crippen LogP contribution is -2.41. The van der Waals surface area contributed by atoms with Crippen LogP contribution in [0.25, 0.3) is 39.3 Å². The van der Waals surface area contributed by atoms with Gasteiger partial charge in [0.1, 0.15) is 11.5 Å². The van der Waals surface area contributed by atoms with Gasteiger partial charge >= 0.3 is 0 Å². The van der Waals surface area contributed by atoms with Crippen molar-refractivity contribution in [2.45, 2.75) is 20.3 Å². The van der Waals surface area contributed by atoms with Crippen molar-refractivity contribution < 1.29 is 14.3 Å². The van der Waals surface area contributed by atoms with Crippen LogP contribution in [-0.4, -0.2) is 73.2 Å². The zero-order valence-electron chi connectivity index (χ0n) is 21.2. The minimum Gasteiger partial charge on any atom is -0.378 e. The first-order valence-corrected chi connectivity index (χ1v) is 12.4. The van der Waals surface area contributed by atoms with Gasteiger partial charge in [-0.1, -0.05) is 19.6 Å². The van der Waals surface area contributed by atoms with Crippen LogP contribution in [0.1, 0.15) is 24.7 Å². The van der Waals surface area contributed by atoms with E-state index >= 15 is 0 Å². The lowest BCUT2D eigenvalue weighted by Gasteiger charge is -2.27. The number of ether oxygens (including phenoxy) is 1. The topological polar surface area (TPSA) is 142 Å². The molecule has 0 unspecified atom stereocenters. The van der Waals surface area contributed by atoms with Gasteiger partial charge in [0.05, 0.1) is 29.9 Å². The van der Waals surface area contributed by atoms with E-state index in [1.165, 1.54) is 0 Å². The number of rotatable bonds is 7. The SMILES string of the molecule is C=C/C=C(/C(=O)N1CCOCC1)c1nc(-c2[nH]nc3ncc(-c4ccc(NC(=O)CC)nc4)cc23)[nH]c1C. The van der Waals surface area contributed by atoms with E-state index < -0.39 is 0 Å². The minimum atomic E-state index is -0.112. The second-order valence-corrected chi connectivity index (χ2v) is 8.81. The van der Waals surface area contributed by atoms with Gasteiger partial charge in [-0.25, -0.2) is 15.0 Å². The van der Waals surface area contributed by atoms with Crippen molar-refractivity contribution in [1.29, 1.82) is 0 Å². The van der Waals surface area contributed by atoms with Gasteiger partial charge in [0.2, 0.25) is 5.91 Å². The zero-order chi connectivity index (χ0) is 26.6. The molecule has 0 aliphatic carbocycles. The van der Waals surface area contributed by atoms with E-state index in [0.29, 0.717) is 67.0 Å². The molecule has 0 spiro atoms. The molecule has 1 fully saturated rings. The third kappa shape index (κ3) is 4.96. The second kappa shape index (κ2) is 10.8. The standard InChI is InChI=1S/C27H28N8O3/c1-4-6-19(27(37)35-9-11-38-12-10-35)23-16(3)30-26(32-23)24-20-13-18(15-29-25(20)34-33-24)17-7-8-21(28-14-17)31-22(36)5-2/h4,6-8,13-15H,1,5,9-12H2,2-3H3,(H,30,32)(H,28,31,36)(H,29,33,34)/b19-6+. The number of aromatic nitrogens is 6. The molecule has 0 atom stereocenters. The Bertz CT molecular complexity index is 1530. The number of nitrogens with zero attached hydrogens (tertiary/aromatic N) is 5. The molecule has 194 valence electrons. The highest BCUT2D eigenvalue weighted by molar-refractivity contribution is 6.19. The number of H-pyrrole nitrogens is 2. The number of amides is 2. The minimum absolute atomic E-state index is 0.0952. The van der Waals surface area contributed by atoms with Crippen LogP contribution in [0.15, 0.2) is 49.3 Å². The monoisotopic (exact) mass is 512 g/mol. The fourth-order valence-corrected chi connectivity index (χ4v) is 4.26. The molecule has 11 heteroatoms. The molecular weight excluding hydrogens is 484 g/mol. The number of aromatic amines is 2. The van der Waals surface area contributed by atoms with Crippen LogP contribution in [0.5, 0.6) is 0 Å². The highest BCUT2D eigenvalue weighted by atomic mass is 16.5. The van der Waals surface area contributed by atoms with Gasteiger partial charge in [-0.05, 0) is 31.2 Å². The average Bonchev–Trinajstić information content (AvgIpc) is 3.55. The van der Waals surface area contributed by atoms with Crippen molar-refractivity contribution in [2.75, 3.05) is 31.6 Å². The summed E-state index contributed by atoms with van der Waals surface area (Å²) in [6.07, 6.45) is 7.07. The highest BCUT2D eigenvalue weighted by Gasteiger charge is 2.25. The van der Waals surface area contributed by atoms with Crippen LogP contribution < -0.4 is 5.32 Å². The second-order valence-electron chi connectivity index (χ2n) is 8.81.